The molecule has 1 aromatic heterocycles. The lowest BCUT2D eigenvalue weighted by molar-refractivity contribution is 0.102. The van der Waals surface area contributed by atoms with Crippen molar-refractivity contribution in [3.63, 3.8) is 0 Å². The van der Waals surface area contributed by atoms with Gasteiger partial charge in [0.05, 0.1) is 11.1 Å². The molecule has 0 radical (unpaired) electrons. The second-order valence-corrected chi connectivity index (χ2v) is 7.13. The molecule has 0 bridgehead atoms. The van der Waals surface area contributed by atoms with Gasteiger partial charge in [0.1, 0.15) is 0 Å². The van der Waals surface area contributed by atoms with Gasteiger partial charge in [0.2, 0.25) is 0 Å². The Bertz CT molecular complexity index is 972. The van der Waals surface area contributed by atoms with Crippen LogP contribution in [0.5, 0.6) is 0 Å². The highest BCUT2D eigenvalue weighted by molar-refractivity contribution is 6.11. The molecule has 1 saturated heterocycles. The van der Waals surface area contributed by atoms with E-state index in [0.717, 1.165) is 42.8 Å². The molecule has 0 spiro atoms. The second kappa shape index (κ2) is 7.37. The highest BCUT2D eigenvalue weighted by atomic mass is 16.1. The van der Waals surface area contributed by atoms with E-state index in [9.17, 15) is 4.79 Å². The fourth-order valence-electron chi connectivity index (χ4n) is 3.62. The lowest BCUT2D eigenvalue weighted by Crippen LogP contribution is -2.44. The molecule has 4 rings (SSSR count). The third kappa shape index (κ3) is 3.64. The summed E-state index contributed by atoms with van der Waals surface area (Å²) in [6.45, 7) is 6.32. The number of rotatable bonds is 3. The molecule has 1 amide bonds. The molecule has 3 aromatic rings. The monoisotopic (exact) mass is 360 g/mol. The van der Waals surface area contributed by atoms with E-state index in [4.69, 9.17) is 0 Å². The van der Waals surface area contributed by atoms with E-state index < -0.39 is 0 Å². The summed E-state index contributed by atoms with van der Waals surface area (Å²) in [5, 5.41) is 3.99. The van der Waals surface area contributed by atoms with Crippen molar-refractivity contribution in [3.8, 4) is 0 Å². The number of hydrogen-bond acceptors (Lipinski definition) is 4. The highest BCUT2D eigenvalue weighted by Gasteiger charge is 2.17. The summed E-state index contributed by atoms with van der Waals surface area (Å²) in [7, 11) is 2.16. The first-order valence-electron chi connectivity index (χ1n) is 9.31. The first kappa shape index (κ1) is 17.5. The molecule has 5 heteroatoms. The van der Waals surface area contributed by atoms with E-state index in [-0.39, 0.29) is 5.91 Å². The van der Waals surface area contributed by atoms with Crippen LogP contribution >= 0.6 is 0 Å². The number of pyridine rings is 1. The van der Waals surface area contributed by atoms with Crippen LogP contribution in [0.1, 0.15) is 15.9 Å². The van der Waals surface area contributed by atoms with E-state index in [1.807, 2.05) is 42.5 Å². The summed E-state index contributed by atoms with van der Waals surface area (Å²) in [6.07, 6.45) is 1.72. The van der Waals surface area contributed by atoms with Gasteiger partial charge in [-0.2, -0.15) is 0 Å². The van der Waals surface area contributed by atoms with Gasteiger partial charge in [-0.15, -0.1) is 0 Å². The van der Waals surface area contributed by atoms with Gasteiger partial charge in [-0.05, 0) is 49.9 Å². The highest BCUT2D eigenvalue weighted by Crippen LogP contribution is 2.25. The van der Waals surface area contributed by atoms with Gasteiger partial charge in [-0.3, -0.25) is 9.78 Å². The Morgan fingerprint density at radius 3 is 2.59 bits per heavy atom. The first-order chi connectivity index (χ1) is 13.1. The summed E-state index contributed by atoms with van der Waals surface area (Å²) in [6, 6.07) is 15.7. The Morgan fingerprint density at radius 1 is 1.04 bits per heavy atom. The van der Waals surface area contributed by atoms with Crippen molar-refractivity contribution in [2.45, 2.75) is 6.92 Å². The van der Waals surface area contributed by atoms with Crippen LogP contribution in [0.4, 0.5) is 11.4 Å². The Hall–Kier alpha value is -2.92. The SMILES string of the molecule is Cc1cc(NC(=O)c2cccc3cccnc23)ccc1N1CCN(C)CC1. The number of hydrogen-bond donors (Lipinski definition) is 1. The summed E-state index contributed by atoms with van der Waals surface area (Å²) >= 11 is 0. The number of benzene rings is 2. The molecule has 27 heavy (non-hydrogen) atoms. The summed E-state index contributed by atoms with van der Waals surface area (Å²) < 4.78 is 0. The minimum absolute atomic E-state index is 0.133. The molecule has 0 unspecified atom stereocenters. The Balaban J connectivity index is 1.54. The van der Waals surface area contributed by atoms with Crippen LogP contribution in [0.3, 0.4) is 0 Å². The maximum absolute atomic E-state index is 12.8. The van der Waals surface area contributed by atoms with Crippen LogP contribution in [0, 0.1) is 6.92 Å². The first-order valence-corrected chi connectivity index (χ1v) is 9.31. The largest absolute Gasteiger partial charge is 0.369 e. The van der Waals surface area contributed by atoms with Gasteiger partial charge < -0.3 is 15.1 Å². The maximum Gasteiger partial charge on any atom is 0.257 e. The van der Waals surface area contributed by atoms with Crippen LogP contribution in [-0.2, 0) is 0 Å². The van der Waals surface area contributed by atoms with Crippen molar-refractivity contribution in [3.05, 3.63) is 65.9 Å². The van der Waals surface area contributed by atoms with E-state index >= 15 is 0 Å². The van der Waals surface area contributed by atoms with Crippen molar-refractivity contribution in [2.24, 2.45) is 0 Å². The van der Waals surface area contributed by atoms with Crippen molar-refractivity contribution in [1.29, 1.82) is 0 Å². The zero-order valence-corrected chi connectivity index (χ0v) is 15.8. The zero-order valence-electron chi connectivity index (χ0n) is 15.8. The van der Waals surface area contributed by atoms with E-state index in [1.165, 1.54) is 11.3 Å². The van der Waals surface area contributed by atoms with Crippen LogP contribution in [0.2, 0.25) is 0 Å². The summed E-state index contributed by atoms with van der Waals surface area (Å²) in [5.41, 5.74) is 4.54. The van der Waals surface area contributed by atoms with Gasteiger partial charge in [0, 0.05) is 49.1 Å². The van der Waals surface area contributed by atoms with Crippen molar-refractivity contribution < 1.29 is 4.79 Å². The van der Waals surface area contributed by atoms with E-state index in [0.29, 0.717) is 5.56 Å². The smallest absolute Gasteiger partial charge is 0.257 e. The number of aromatic nitrogens is 1. The van der Waals surface area contributed by atoms with Gasteiger partial charge in [0.25, 0.3) is 5.91 Å². The summed E-state index contributed by atoms with van der Waals surface area (Å²) in [4.78, 5) is 21.9. The molecule has 1 aliphatic rings. The average molecular weight is 360 g/mol. The Kier molecular flexibility index (Phi) is 4.77. The minimum Gasteiger partial charge on any atom is -0.369 e. The third-order valence-electron chi connectivity index (χ3n) is 5.18. The zero-order chi connectivity index (χ0) is 18.8. The number of piperazine rings is 1. The number of aryl methyl sites for hydroxylation is 1. The maximum atomic E-state index is 12.8. The van der Waals surface area contributed by atoms with E-state index in [1.54, 1.807) is 6.20 Å². The number of fused-ring (bicyclic) bond motifs is 1. The number of nitrogens with one attached hydrogen (secondary N) is 1. The van der Waals surface area contributed by atoms with Gasteiger partial charge in [-0.1, -0.05) is 18.2 Å². The topological polar surface area (TPSA) is 48.5 Å². The number of nitrogens with zero attached hydrogens (tertiary/aromatic N) is 3. The standard InChI is InChI=1S/C22H24N4O/c1-16-15-18(8-9-20(16)26-13-11-25(2)12-14-26)24-22(27)19-7-3-5-17-6-4-10-23-21(17)19/h3-10,15H,11-14H2,1-2H3,(H,24,27). The molecular weight excluding hydrogens is 336 g/mol. The summed E-state index contributed by atoms with van der Waals surface area (Å²) in [5.74, 6) is -0.133. The molecule has 0 saturated carbocycles. The average Bonchev–Trinajstić information content (AvgIpc) is 2.68. The van der Waals surface area contributed by atoms with Crippen LogP contribution in [-0.4, -0.2) is 49.0 Å². The predicted octanol–water partition coefficient (Wildman–Crippen LogP) is 3.55. The third-order valence-corrected chi connectivity index (χ3v) is 5.18. The number of para-hydroxylation sites is 1. The Morgan fingerprint density at radius 2 is 1.81 bits per heavy atom. The fraction of sp³-hybridized carbons (Fsp3) is 0.273. The van der Waals surface area contributed by atoms with Crippen molar-refractivity contribution in [1.82, 2.24) is 9.88 Å². The van der Waals surface area contributed by atoms with Crippen molar-refractivity contribution in [2.75, 3.05) is 43.4 Å². The lowest BCUT2D eigenvalue weighted by Gasteiger charge is -2.35. The Labute approximate surface area is 159 Å². The number of carbonyl (C=O) groups is 1. The lowest BCUT2D eigenvalue weighted by atomic mass is 10.1. The van der Waals surface area contributed by atoms with Crippen LogP contribution in [0.15, 0.2) is 54.7 Å². The quantitative estimate of drug-likeness (QED) is 0.776. The van der Waals surface area contributed by atoms with Gasteiger partial charge in [-0.25, -0.2) is 0 Å². The molecular formula is C22H24N4O. The molecule has 2 aromatic carbocycles. The van der Waals surface area contributed by atoms with Gasteiger partial charge >= 0.3 is 0 Å². The molecule has 5 nitrogen and oxygen atoms in total. The van der Waals surface area contributed by atoms with Gasteiger partial charge in [0.15, 0.2) is 0 Å². The predicted molar refractivity (Wildman–Crippen MR) is 111 cm³/mol. The van der Waals surface area contributed by atoms with Crippen molar-refractivity contribution >= 4 is 28.2 Å². The molecule has 0 aliphatic carbocycles. The molecule has 1 fully saturated rings. The molecule has 0 atom stereocenters. The molecule has 1 N–H and O–H groups in total. The fourth-order valence-corrected chi connectivity index (χ4v) is 3.62. The number of likely N-dealkylation sites (N-methyl/N-ethyl adjacent to an activating group) is 1. The number of amides is 1. The number of carbonyl (C=O) groups excluding carboxylic acids is 1. The van der Waals surface area contributed by atoms with Crippen LogP contribution < -0.4 is 10.2 Å². The van der Waals surface area contributed by atoms with E-state index in [2.05, 4.69) is 40.1 Å². The number of anilines is 2. The molecule has 2 heterocycles. The normalized spacial score (nSPS) is 15.1. The minimum atomic E-state index is -0.133. The van der Waals surface area contributed by atoms with Crippen LogP contribution in [0.25, 0.3) is 10.9 Å². The second-order valence-electron chi connectivity index (χ2n) is 7.13. The molecule has 1 aliphatic heterocycles. The molecule has 138 valence electrons.